The second kappa shape index (κ2) is 9.40. The zero-order valence-corrected chi connectivity index (χ0v) is 13.7. The maximum Gasteiger partial charge on any atom is 0.149 e. The van der Waals surface area contributed by atoms with Crippen LogP contribution in [0.3, 0.4) is 0 Å². The van der Waals surface area contributed by atoms with Gasteiger partial charge in [0.05, 0.1) is 6.54 Å². The predicted octanol–water partition coefficient (Wildman–Crippen LogP) is 4.74. The largest absolute Gasteiger partial charge is 0.298 e. The molecule has 21 heavy (non-hydrogen) atoms. The number of rotatable bonds is 6. The van der Waals surface area contributed by atoms with Gasteiger partial charge in [0.15, 0.2) is 0 Å². The molecule has 0 radical (unpaired) electrons. The van der Waals surface area contributed by atoms with Crippen LogP contribution in [0.2, 0.25) is 0 Å². The molecule has 0 spiro atoms. The summed E-state index contributed by atoms with van der Waals surface area (Å²) in [6.07, 6.45) is 17.3. The zero-order valence-electron chi connectivity index (χ0n) is 13.7. The van der Waals surface area contributed by atoms with Crippen LogP contribution in [0.1, 0.15) is 77.0 Å². The third-order valence-electron chi connectivity index (χ3n) is 5.37. The second-order valence-electron chi connectivity index (χ2n) is 7.02. The number of carbonyl (C=O) groups excluding carboxylic acids is 1. The maximum atomic E-state index is 12.7. The van der Waals surface area contributed by atoms with Crippen molar-refractivity contribution in [3.63, 3.8) is 0 Å². The van der Waals surface area contributed by atoms with E-state index in [0.29, 0.717) is 24.3 Å². The van der Waals surface area contributed by atoms with Gasteiger partial charge < -0.3 is 0 Å². The van der Waals surface area contributed by atoms with E-state index in [1.54, 1.807) is 0 Å². The first-order valence-corrected chi connectivity index (χ1v) is 9.19. The summed E-state index contributed by atoms with van der Waals surface area (Å²) in [6.45, 7) is 5.45. The monoisotopic (exact) mass is 291 g/mol. The minimum absolute atomic E-state index is 0.339. The molecule has 0 unspecified atom stereocenters. The smallest absolute Gasteiger partial charge is 0.149 e. The third-order valence-corrected chi connectivity index (χ3v) is 5.37. The lowest BCUT2D eigenvalue weighted by Crippen LogP contribution is -2.40. The summed E-state index contributed by atoms with van der Waals surface area (Å²) in [5.41, 5.74) is 0. The quantitative estimate of drug-likeness (QED) is 0.520. The van der Waals surface area contributed by atoms with E-state index in [-0.39, 0.29) is 0 Å². The average Bonchev–Trinajstić information content (AvgIpc) is 2.91. The van der Waals surface area contributed by atoms with Crippen LogP contribution in [-0.2, 0) is 4.79 Å². The average molecular weight is 291 g/mol. The van der Waals surface area contributed by atoms with Gasteiger partial charge in [0.2, 0.25) is 0 Å². The lowest BCUT2D eigenvalue weighted by atomic mass is 9.94. The molecule has 2 aliphatic carbocycles. The number of hydrogen-bond acceptors (Lipinski definition) is 2. The second-order valence-corrected chi connectivity index (χ2v) is 7.02. The molecule has 2 nitrogen and oxygen atoms in total. The highest BCUT2D eigenvalue weighted by Gasteiger charge is 2.25. The van der Waals surface area contributed by atoms with Crippen molar-refractivity contribution in [3.8, 4) is 0 Å². The van der Waals surface area contributed by atoms with E-state index >= 15 is 0 Å². The SMILES string of the molecule is C=CCN(CC(=O)C1CCCCCC1)C1CCCCCC1. The Kier molecular flexibility index (Phi) is 7.49. The van der Waals surface area contributed by atoms with E-state index in [1.807, 2.05) is 6.08 Å². The Labute approximate surface area is 131 Å². The van der Waals surface area contributed by atoms with Gasteiger partial charge in [-0.15, -0.1) is 6.58 Å². The molecule has 0 aromatic heterocycles. The van der Waals surface area contributed by atoms with E-state index in [0.717, 1.165) is 19.4 Å². The Balaban J connectivity index is 1.90. The van der Waals surface area contributed by atoms with Crippen molar-refractivity contribution in [3.05, 3.63) is 12.7 Å². The van der Waals surface area contributed by atoms with Crippen molar-refractivity contribution in [1.29, 1.82) is 0 Å². The minimum Gasteiger partial charge on any atom is -0.298 e. The van der Waals surface area contributed by atoms with Gasteiger partial charge in [0, 0.05) is 18.5 Å². The summed E-state index contributed by atoms with van der Waals surface area (Å²) < 4.78 is 0. The van der Waals surface area contributed by atoms with Crippen LogP contribution in [0.15, 0.2) is 12.7 Å². The van der Waals surface area contributed by atoms with Crippen LogP contribution < -0.4 is 0 Å². The number of ketones is 1. The van der Waals surface area contributed by atoms with E-state index in [2.05, 4.69) is 11.5 Å². The van der Waals surface area contributed by atoms with Crippen molar-refractivity contribution in [2.24, 2.45) is 5.92 Å². The van der Waals surface area contributed by atoms with Gasteiger partial charge in [-0.05, 0) is 25.7 Å². The van der Waals surface area contributed by atoms with Gasteiger partial charge in [-0.1, -0.05) is 57.4 Å². The van der Waals surface area contributed by atoms with Gasteiger partial charge in [-0.3, -0.25) is 9.69 Å². The molecule has 0 atom stereocenters. The number of nitrogens with zero attached hydrogens (tertiary/aromatic N) is 1. The molecule has 2 aliphatic rings. The molecule has 120 valence electrons. The van der Waals surface area contributed by atoms with Crippen LogP contribution >= 0.6 is 0 Å². The molecule has 0 bridgehead atoms. The molecular weight excluding hydrogens is 258 g/mol. The van der Waals surface area contributed by atoms with Crippen molar-refractivity contribution >= 4 is 5.78 Å². The van der Waals surface area contributed by atoms with Gasteiger partial charge in [0.25, 0.3) is 0 Å². The molecule has 0 heterocycles. The molecule has 2 rings (SSSR count). The molecule has 0 aliphatic heterocycles. The van der Waals surface area contributed by atoms with Crippen LogP contribution in [0, 0.1) is 5.92 Å². The van der Waals surface area contributed by atoms with E-state index in [9.17, 15) is 4.79 Å². The third kappa shape index (κ3) is 5.58. The van der Waals surface area contributed by atoms with E-state index < -0.39 is 0 Å². The lowest BCUT2D eigenvalue weighted by Gasteiger charge is -2.30. The first-order chi connectivity index (χ1) is 10.3. The molecule has 0 amide bonds. The van der Waals surface area contributed by atoms with Gasteiger partial charge in [-0.25, -0.2) is 0 Å². The Morgan fingerprint density at radius 1 is 0.905 bits per heavy atom. The summed E-state index contributed by atoms with van der Waals surface area (Å²) >= 11 is 0. The molecule has 0 aromatic carbocycles. The Morgan fingerprint density at radius 3 is 1.95 bits per heavy atom. The predicted molar refractivity (Wildman–Crippen MR) is 89.5 cm³/mol. The molecule has 0 N–H and O–H groups in total. The highest BCUT2D eigenvalue weighted by Crippen LogP contribution is 2.26. The normalized spacial score (nSPS) is 22.7. The lowest BCUT2D eigenvalue weighted by molar-refractivity contribution is -0.124. The van der Waals surface area contributed by atoms with Crippen molar-refractivity contribution in [1.82, 2.24) is 4.90 Å². The molecule has 2 fully saturated rings. The fourth-order valence-corrected chi connectivity index (χ4v) is 4.06. The van der Waals surface area contributed by atoms with Crippen molar-refractivity contribution in [2.45, 2.75) is 83.1 Å². The van der Waals surface area contributed by atoms with E-state index in [4.69, 9.17) is 0 Å². The standard InChI is InChI=1S/C19H33NO/c1-2-15-20(18-13-9-5-6-10-14-18)16-19(21)17-11-7-3-4-8-12-17/h2,17-18H,1,3-16H2. The van der Waals surface area contributed by atoms with Gasteiger partial charge in [-0.2, -0.15) is 0 Å². The fraction of sp³-hybridized carbons (Fsp3) is 0.842. The van der Waals surface area contributed by atoms with Crippen LogP contribution in [0.4, 0.5) is 0 Å². The minimum atomic E-state index is 0.339. The van der Waals surface area contributed by atoms with Crippen LogP contribution in [-0.4, -0.2) is 29.8 Å². The first kappa shape index (κ1) is 16.7. The Hall–Kier alpha value is -0.630. The van der Waals surface area contributed by atoms with E-state index in [1.165, 1.54) is 64.2 Å². The molecule has 2 saturated carbocycles. The van der Waals surface area contributed by atoms with Crippen LogP contribution in [0.25, 0.3) is 0 Å². The fourth-order valence-electron chi connectivity index (χ4n) is 4.06. The summed E-state index contributed by atoms with van der Waals surface area (Å²) in [5.74, 6) is 0.841. The molecule has 0 saturated heterocycles. The maximum absolute atomic E-state index is 12.7. The van der Waals surface area contributed by atoms with Crippen molar-refractivity contribution in [2.75, 3.05) is 13.1 Å². The molecular formula is C19H33NO. The van der Waals surface area contributed by atoms with Gasteiger partial charge >= 0.3 is 0 Å². The number of hydrogen-bond donors (Lipinski definition) is 0. The summed E-state index contributed by atoms with van der Waals surface area (Å²) in [6, 6.07) is 0.611. The highest BCUT2D eigenvalue weighted by molar-refractivity contribution is 5.83. The van der Waals surface area contributed by atoms with Gasteiger partial charge in [0.1, 0.15) is 5.78 Å². The number of carbonyl (C=O) groups is 1. The highest BCUT2D eigenvalue weighted by atomic mass is 16.1. The molecule has 2 heteroatoms. The Morgan fingerprint density at radius 2 is 1.43 bits per heavy atom. The first-order valence-electron chi connectivity index (χ1n) is 9.19. The van der Waals surface area contributed by atoms with Crippen molar-refractivity contribution < 1.29 is 4.79 Å². The topological polar surface area (TPSA) is 20.3 Å². The zero-order chi connectivity index (χ0) is 14.9. The molecule has 0 aromatic rings. The Bertz CT molecular complexity index is 310. The van der Waals surface area contributed by atoms with Crippen LogP contribution in [0.5, 0.6) is 0 Å². The summed E-state index contributed by atoms with van der Waals surface area (Å²) in [7, 11) is 0. The number of Topliss-reactive ketones (excluding diaryl/α,β-unsaturated/α-hetero) is 1. The summed E-state index contributed by atoms with van der Waals surface area (Å²) in [4.78, 5) is 15.1. The summed E-state index contributed by atoms with van der Waals surface area (Å²) in [5, 5.41) is 0.